The van der Waals surface area contributed by atoms with Crippen molar-refractivity contribution >= 4 is 5.91 Å². The van der Waals surface area contributed by atoms with Gasteiger partial charge in [-0.15, -0.1) is 0 Å². The van der Waals surface area contributed by atoms with Gasteiger partial charge >= 0.3 is 0 Å². The zero-order valence-corrected chi connectivity index (χ0v) is 10.3. The van der Waals surface area contributed by atoms with Gasteiger partial charge in [0.1, 0.15) is 0 Å². The molecule has 0 radical (unpaired) electrons. The zero-order valence-electron chi connectivity index (χ0n) is 10.3. The van der Waals surface area contributed by atoms with Crippen LogP contribution in [0.3, 0.4) is 0 Å². The molecule has 1 aromatic carbocycles. The van der Waals surface area contributed by atoms with Crippen LogP contribution in [0.2, 0.25) is 0 Å². The first-order chi connectivity index (χ1) is 7.50. The van der Waals surface area contributed by atoms with E-state index in [-0.39, 0.29) is 5.91 Å². The summed E-state index contributed by atoms with van der Waals surface area (Å²) in [4.78, 5) is 10.6. The fourth-order valence-corrected chi connectivity index (χ4v) is 1.40. The summed E-state index contributed by atoms with van der Waals surface area (Å²) in [6.07, 6.45) is 0. The quantitative estimate of drug-likeness (QED) is 0.714. The average Bonchev–Trinajstić information content (AvgIpc) is 2.19. The molecule has 0 saturated heterocycles. The molecule has 1 aromatic rings. The molecule has 16 heavy (non-hydrogen) atoms. The third-order valence-electron chi connectivity index (χ3n) is 2.49. The Morgan fingerprint density at radius 1 is 1.19 bits per heavy atom. The Morgan fingerprint density at radius 2 is 1.81 bits per heavy atom. The lowest BCUT2D eigenvalue weighted by Gasteiger charge is -2.04. The van der Waals surface area contributed by atoms with Crippen molar-refractivity contribution in [2.45, 2.75) is 27.7 Å². The molecule has 0 fully saturated rings. The number of carbonyl (C=O) groups is 1. The molecule has 1 rings (SSSR count). The van der Waals surface area contributed by atoms with Gasteiger partial charge in [-0.3, -0.25) is 4.79 Å². The van der Waals surface area contributed by atoms with Crippen molar-refractivity contribution < 1.29 is 4.79 Å². The predicted octanol–water partition coefficient (Wildman–Crippen LogP) is 2.10. The molecule has 0 aromatic heterocycles. The summed E-state index contributed by atoms with van der Waals surface area (Å²) >= 11 is 0. The number of hydrogen-bond acceptors (Lipinski definition) is 1. The second-order valence-electron chi connectivity index (χ2n) is 3.96. The number of rotatable bonds is 1. The first-order valence-corrected chi connectivity index (χ1v) is 5.32. The largest absolute Gasteiger partial charge is 0.345 e. The van der Waals surface area contributed by atoms with Crippen molar-refractivity contribution in [3.8, 4) is 11.8 Å². The minimum absolute atomic E-state index is 0.0499. The topological polar surface area (TPSA) is 29.1 Å². The van der Waals surface area contributed by atoms with Crippen molar-refractivity contribution in [2.75, 3.05) is 6.54 Å². The van der Waals surface area contributed by atoms with Gasteiger partial charge in [-0.2, -0.15) is 0 Å². The lowest BCUT2D eigenvalue weighted by Crippen LogP contribution is -2.19. The molecular weight excluding hydrogens is 198 g/mol. The Labute approximate surface area is 97.1 Å². The molecule has 0 aliphatic rings. The second kappa shape index (κ2) is 5.37. The number of carbonyl (C=O) groups excluding carboxylic acids is 1. The van der Waals surface area contributed by atoms with Crippen LogP contribution in [0.1, 0.15) is 29.2 Å². The number of nitrogens with one attached hydrogen (secondary N) is 1. The van der Waals surface area contributed by atoms with Gasteiger partial charge in [0.15, 0.2) is 0 Å². The molecule has 1 N–H and O–H groups in total. The fraction of sp³-hybridized carbons (Fsp3) is 0.357. The summed E-state index contributed by atoms with van der Waals surface area (Å²) < 4.78 is 0. The molecular formula is C14H17NO. The number of aryl methyl sites for hydroxylation is 3. The summed E-state index contributed by atoms with van der Waals surface area (Å²) in [7, 11) is 0. The van der Waals surface area contributed by atoms with Gasteiger partial charge in [0.05, 0.1) is 6.54 Å². The van der Waals surface area contributed by atoms with Crippen LogP contribution >= 0.6 is 0 Å². The molecule has 0 spiro atoms. The molecule has 2 heteroatoms. The summed E-state index contributed by atoms with van der Waals surface area (Å²) in [5, 5.41) is 2.65. The van der Waals surface area contributed by atoms with E-state index in [2.05, 4.69) is 50.1 Å². The number of amides is 1. The Bertz CT molecular complexity index is 464. The van der Waals surface area contributed by atoms with E-state index >= 15 is 0 Å². The first kappa shape index (κ1) is 12.3. The standard InChI is InChI=1S/C14H17NO/c1-10-8-12(3)14(9-11(10)2)6-5-7-15-13(4)16/h8-9H,7H2,1-4H3,(H,15,16). The summed E-state index contributed by atoms with van der Waals surface area (Å²) in [6.45, 7) is 8.12. The van der Waals surface area contributed by atoms with Crippen LogP contribution in [-0.2, 0) is 4.79 Å². The Balaban J connectivity index is 2.81. The SMILES string of the molecule is CC(=O)NCC#Cc1cc(C)c(C)cc1C. The van der Waals surface area contributed by atoms with Crippen molar-refractivity contribution in [1.82, 2.24) is 5.32 Å². The molecule has 0 saturated carbocycles. The highest BCUT2D eigenvalue weighted by molar-refractivity contribution is 5.73. The van der Waals surface area contributed by atoms with Gasteiger partial charge in [-0.1, -0.05) is 17.9 Å². The summed E-state index contributed by atoms with van der Waals surface area (Å²) in [6, 6.07) is 4.23. The van der Waals surface area contributed by atoms with E-state index in [9.17, 15) is 4.79 Å². The Morgan fingerprint density at radius 3 is 2.44 bits per heavy atom. The summed E-state index contributed by atoms with van der Waals surface area (Å²) in [5.74, 6) is 5.96. The van der Waals surface area contributed by atoms with E-state index in [0.717, 1.165) is 5.56 Å². The second-order valence-corrected chi connectivity index (χ2v) is 3.96. The maximum atomic E-state index is 10.6. The van der Waals surface area contributed by atoms with Crippen molar-refractivity contribution in [2.24, 2.45) is 0 Å². The van der Waals surface area contributed by atoms with Crippen LogP contribution in [0, 0.1) is 32.6 Å². The zero-order chi connectivity index (χ0) is 12.1. The lowest BCUT2D eigenvalue weighted by molar-refractivity contribution is -0.118. The van der Waals surface area contributed by atoms with Crippen LogP contribution in [0.5, 0.6) is 0 Å². The average molecular weight is 215 g/mol. The molecule has 0 heterocycles. The van der Waals surface area contributed by atoms with Gasteiger partial charge in [0, 0.05) is 12.5 Å². The van der Waals surface area contributed by atoms with Crippen molar-refractivity contribution in [3.63, 3.8) is 0 Å². The highest BCUT2D eigenvalue weighted by Crippen LogP contribution is 2.13. The predicted molar refractivity (Wildman–Crippen MR) is 66.2 cm³/mol. The number of hydrogen-bond donors (Lipinski definition) is 1. The first-order valence-electron chi connectivity index (χ1n) is 5.32. The van der Waals surface area contributed by atoms with E-state index in [1.807, 2.05) is 0 Å². The minimum atomic E-state index is -0.0499. The molecule has 0 unspecified atom stereocenters. The molecule has 0 bridgehead atoms. The normalized spacial score (nSPS) is 9.25. The minimum Gasteiger partial charge on any atom is -0.345 e. The van der Waals surface area contributed by atoms with Gasteiger partial charge in [-0.25, -0.2) is 0 Å². The fourth-order valence-electron chi connectivity index (χ4n) is 1.40. The molecule has 84 valence electrons. The highest BCUT2D eigenvalue weighted by Gasteiger charge is 1.98. The molecule has 1 amide bonds. The van der Waals surface area contributed by atoms with E-state index in [0.29, 0.717) is 6.54 Å². The Kier molecular flexibility index (Phi) is 4.13. The van der Waals surface area contributed by atoms with Crippen molar-refractivity contribution in [3.05, 3.63) is 34.4 Å². The van der Waals surface area contributed by atoms with Crippen LogP contribution in [0.4, 0.5) is 0 Å². The lowest BCUT2D eigenvalue weighted by atomic mass is 10.0. The monoisotopic (exact) mass is 215 g/mol. The molecule has 0 aliphatic carbocycles. The molecule has 0 aliphatic heterocycles. The van der Waals surface area contributed by atoms with Gasteiger partial charge in [0.25, 0.3) is 0 Å². The smallest absolute Gasteiger partial charge is 0.217 e. The third kappa shape index (κ3) is 3.43. The van der Waals surface area contributed by atoms with Crippen LogP contribution in [-0.4, -0.2) is 12.5 Å². The molecule has 2 nitrogen and oxygen atoms in total. The van der Waals surface area contributed by atoms with E-state index in [4.69, 9.17) is 0 Å². The highest BCUT2D eigenvalue weighted by atomic mass is 16.1. The van der Waals surface area contributed by atoms with E-state index < -0.39 is 0 Å². The van der Waals surface area contributed by atoms with Gasteiger partial charge < -0.3 is 5.32 Å². The Hall–Kier alpha value is -1.75. The summed E-state index contributed by atoms with van der Waals surface area (Å²) in [5.41, 5.74) is 4.74. The third-order valence-corrected chi connectivity index (χ3v) is 2.49. The van der Waals surface area contributed by atoms with Crippen LogP contribution < -0.4 is 5.32 Å². The van der Waals surface area contributed by atoms with Crippen LogP contribution in [0.15, 0.2) is 12.1 Å². The van der Waals surface area contributed by atoms with E-state index in [1.54, 1.807) is 0 Å². The molecule has 0 atom stereocenters. The maximum Gasteiger partial charge on any atom is 0.217 e. The maximum absolute atomic E-state index is 10.6. The van der Waals surface area contributed by atoms with Gasteiger partial charge in [-0.05, 0) is 43.5 Å². The van der Waals surface area contributed by atoms with E-state index in [1.165, 1.54) is 23.6 Å². The van der Waals surface area contributed by atoms with Crippen LogP contribution in [0.25, 0.3) is 0 Å². The van der Waals surface area contributed by atoms with Crippen molar-refractivity contribution in [1.29, 1.82) is 0 Å². The van der Waals surface area contributed by atoms with Gasteiger partial charge in [0.2, 0.25) is 5.91 Å². The number of benzene rings is 1.